The molecule has 1 saturated carbocycles. The molecule has 1 heterocycles. The van der Waals surface area contributed by atoms with Crippen LogP contribution < -0.4 is 0 Å². The average Bonchev–Trinajstić information content (AvgIpc) is 3.21. The van der Waals surface area contributed by atoms with Crippen LogP contribution in [0.3, 0.4) is 0 Å². The van der Waals surface area contributed by atoms with E-state index in [0.717, 1.165) is 58.8 Å². The third kappa shape index (κ3) is 8.89. The Bertz CT molecular complexity index is 1300. The molecule has 0 spiro atoms. The summed E-state index contributed by atoms with van der Waals surface area (Å²) in [7, 11) is 0.783. The van der Waals surface area contributed by atoms with E-state index in [1.165, 1.54) is 60.8 Å². The van der Waals surface area contributed by atoms with Crippen molar-refractivity contribution in [3.05, 3.63) is 83.0 Å². The number of rotatable bonds is 10. The van der Waals surface area contributed by atoms with Crippen LogP contribution in [0.1, 0.15) is 126 Å². The van der Waals surface area contributed by atoms with Crippen LogP contribution in [0.2, 0.25) is 0 Å². The predicted molar refractivity (Wildman–Crippen MR) is 189 cm³/mol. The summed E-state index contributed by atoms with van der Waals surface area (Å²) in [5, 5.41) is 24.7. The molecule has 2 aromatic rings. The maximum absolute atomic E-state index is 11.6. The molecule has 43 heavy (non-hydrogen) atoms. The maximum atomic E-state index is 11.6. The zero-order valence-electron chi connectivity index (χ0n) is 27.7. The Morgan fingerprint density at radius 2 is 1.05 bits per heavy atom. The van der Waals surface area contributed by atoms with Crippen LogP contribution in [0.5, 0.6) is 11.5 Å². The Morgan fingerprint density at radius 1 is 0.674 bits per heavy atom. The molecule has 0 saturated heterocycles. The average molecular weight is 700 g/mol. The normalized spacial score (nSPS) is 22.6. The van der Waals surface area contributed by atoms with E-state index in [1.807, 2.05) is 12.2 Å². The summed E-state index contributed by atoms with van der Waals surface area (Å²) in [6.07, 6.45) is 15.6. The number of aryl methyl sites for hydroxylation is 2. The van der Waals surface area contributed by atoms with Gasteiger partial charge in [0, 0.05) is 0 Å². The summed E-state index contributed by atoms with van der Waals surface area (Å²) in [4.78, 5) is 0. The Hall–Kier alpha value is -0.897. The number of hydrogen-bond acceptors (Lipinski definition) is 2. The van der Waals surface area contributed by atoms with Gasteiger partial charge in [-0.2, -0.15) is 0 Å². The number of benzene rings is 2. The van der Waals surface area contributed by atoms with Crippen LogP contribution >= 0.6 is 14.2 Å². The molecule has 0 amide bonds. The van der Waals surface area contributed by atoms with E-state index in [4.69, 9.17) is 0 Å². The van der Waals surface area contributed by atoms with E-state index in [1.54, 1.807) is 0 Å². The standard InChI is InChI=1S/C38H56O2S2.Zr/c1-9-11-17-27-21-31(37(3,4)5)23-29(35(27)39)25-41-33-19-15-13-14-16-20-34(33)42-26-30-24-32(38(6,7)8)22-28(36(30)40)18-12-10-2;/h9-10,21-24,33-34,39-40H,1-2,11-20,25-26H2,3-8H3;/t33-,34?;/m0./s1. The second-order valence-electron chi connectivity index (χ2n) is 14.7. The fourth-order valence-electron chi connectivity index (χ4n) is 6.44. The first-order chi connectivity index (χ1) is 20.3. The summed E-state index contributed by atoms with van der Waals surface area (Å²) in [6.45, 7) is 21.6. The Labute approximate surface area is 274 Å². The molecule has 1 aliphatic carbocycles. The summed E-state index contributed by atoms with van der Waals surface area (Å²) in [6, 6.07) is 9.19. The first-order valence-corrected chi connectivity index (χ1v) is 25.3. The van der Waals surface area contributed by atoms with Gasteiger partial charge < -0.3 is 0 Å². The summed E-state index contributed by atoms with van der Waals surface area (Å²) in [5.74, 6) is 3.23. The monoisotopic (exact) mass is 698 g/mol. The fraction of sp³-hybridized carbons (Fsp3) is 0.579. The van der Waals surface area contributed by atoms with Crippen LogP contribution in [0.25, 0.3) is 0 Å². The number of hydrogen-bond donors (Lipinski definition) is 2. The molecule has 2 aliphatic rings. The van der Waals surface area contributed by atoms with Gasteiger partial charge in [0.05, 0.1) is 0 Å². The van der Waals surface area contributed by atoms with Crippen LogP contribution in [-0.2, 0) is 54.3 Å². The summed E-state index contributed by atoms with van der Waals surface area (Å²) in [5.41, 5.74) is 7.39. The van der Waals surface area contributed by atoms with Gasteiger partial charge in [0.15, 0.2) is 0 Å². The molecule has 2 N–H and O–H groups in total. The number of fused-ring (bicyclic) bond motifs is 1. The molecule has 1 fully saturated rings. The van der Waals surface area contributed by atoms with Crippen LogP contribution in [0.4, 0.5) is 0 Å². The zero-order chi connectivity index (χ0) is 31.4. The van der Waals surface area contributed by atoms with E-state index in [-0.39, 0.29) is 10.8 Å². The van der Waals surface area contributed by atoms with Crippen LogP contribution in [0, 0.1) is 0 Å². The first-order valence-electron chi connectivity index (χ1n) is 16.4. The number of aromatic hydroxyl groups is 2. The molecule has 3 unspecified atom stereocenters. The molecule has 4 atom stereocenters. The molecule has 0 bridgehead atoms. The van der Waals surface area contributed by atoms with Gasteiger partial charge in [-0.15, -0.1) is 0 Å². The van der Waals surface area contributed by atoms with Gasteiger partial charge in [0.2, 0.25) is 0 Å². The van der Waals surface area contributed by atoms with Crippen LogP contribution in [0.15, 0.2) is 49.6 Å². The van der Waals surface area contributed by atoms with Crippen molar-refractivity contribution < 1.29 is 29.4 Å². The molecule has 0 radical (unpaired) electrons. The third-order valence-electron chi connectivity index (χ3n) is 9.21. The Kier molecular flexibility index (Phi) is 12.3. The SMILES string of the molecule is C=CCCc1cc(C(C)(C)C)cc(C[S]2=[Zr]=[S](Cc3cc(C(C)(C)C)cc(CCC=C)c3O)[C@H]3CCCCCCC32)c1O. The van der Waals surface area contributed by atoms with Gasteiger partial charge in [-0.3, -0.25) is 0 Å². The van der Waals surface area contributed by atoms with Crippen LogP contribution in [-0.4, -0.2) is 20.7 Å². The summed E-state index contributed by atoms with van der Waals surface area (Å²) < 4.78 is 0. The molecule has 0 aromatic heterocycles. The van der Waals surface area contributed by atoms with Gasteiger partial charge in [0.25, 0.3) is 0 Å². The molecular weight excluding hydrogens is 644 g/mol. The minimum atomic E-state index is -0.771. The van der Waals surface area contributed by atoms with Gasteiger partial charge in [-0.05, 0) is 0 Å². The molecule has 1 aliphatic heterocycles. The van der Waals surface area contributed by atoms with Gasteiger partial charge >= 0.3 is 277 Å². The van der Waals surface area contributed by atoms with Gasteiger partial charge in [0.1, 0.15) is 0 Å². The zero-order valence-corrected chi connectivity index (χ0v) is 31.8. The fourth-order valence-corrected chi connectivity index (χ4v) is 35.3. The topological polar surface area (TPSA) is 40.5 Å². The van der Waals surface area contributed by atoms with E-state index >= 15 is 0 Å². The minimum absolute atomic E-state index is 0.0517. The van der Waals surface area contributed by atoms with E-state index in [0.29, 0.717) is 25.7 Å². The second-order valence-corrected chi connectivity index (χ2v) is 30.3. The molecule has 2 aromatic carbocycles. The van der Waals surface area contributed by atoms with Crippen molar-refractivity contribution in [3.8, 4) is 11.5 Å². The second kappa shape index (κ2) is 15.1. The van der Waals surface area contributed by atoms with Crippen molar-refractivity contribution in [1.82, 2.24) is 0 Å². The number of allylic oxidation sites excluding steroid dienone is 2. The first kappa shape index (κ1) is 35.0. The van der Waals surface area contributed by atoms with E-state index in [2.05, 4.69) is 79.0 Å². The van der Waals surface area contributed by atoms with Crippen molar-refractivity contribution in [2.75, 3.05) is 0 Å². The number of phenols is 2. The Morgan fingerprint density at radius 3 is 1.40 bits per heavy atom. The van der Waals surface area contributed by atoms with Crippen molar-refractivity contribution in [1.29, 1.82) is 0 Å². The summed E-state index contributed by atoms with van der Waals surface area (Å²) >= 11 is -0.771. The van der Waals surface area contributed by atoms with Gasteiger partial charge in [-0.1, -0.05) is 0 Å². The molecule has 4 rings (SSSR count). The number of phenolic OH excluding ortho intramolecular Hbond substituents is 2. The molecule has 2 nitrogen and oxygen atoms in total. The van der Waals surface area contributed by atoms with E-state index in [9.17, 15) is 10.2 Å². The Balaban J connectivity index is 1.80. The molecular formula is C38H56O2S2Zr. The molecule has 236 valence electrons. The molecule has 5 heteroatoms. The van der Waals surface area contributed by atoms with Gasteiger partial charge in [-0.25, -0.2) is 0 Å². The van der Waals surface area contributed by atoms with Crippen molar-refractivity contribution >= 4 is 14.2 Å². The third-order valence-corrected chi connectivity index (χ3v) is 31.0. The van der Waals surface area contributed by atoms with Crippen molar-refractivity contribution in [3.63, 3.8) is 0 Å². The van der Waals surface area contributed by atoms with E-state index < -0.39 is 19.2 Å². The predicted octanol–water partition coefficient (Wildman–Crippen LogP) is 11.2. The quantitative estimate of drug-likeness (QED) is 0.242. The van der Waals surface area contributed by atoms with Crippen molar-refractivity contribution in [2.24, 2.45) is 0 Å². The van der Waals surface area contributed by atoms with Crippen molar-refractivity contribution in [2.45, 2.75) is 139 Å².